The number of hydrogen-bond donors (Lipinski definition) is 3. The molecule has 3 N–H and O–H groups in total. The molecule has 1 atom stereocenters. The van der Waals surface area contributed by atoms with Crippen LogP contribution in [-0.2, 0) is 4.79 Å². The van der Waals surface area contributed by atoms with Gasteiger partial charge in [-0.05, 0) is 18.6 Å². The zero-order chi connectivity index (χ0) is 13.4. The molecular weight excluding hydrogens is 234 g/mol. The first-order valence-electron chi connectivity index (χ1n) is 5.99. The minimum Gasteiger partial charge on any atom is -0.504 e. The van der Waals surface area contributed by atoms with Crippen LogP contribution in [0.25, 0.3) is 0 Å². The van der Waals surface area contributed by atoms with Gasteiger partial charge in [0.25, 0.3) is 5.91 Å². The molecular formula is C13H19NO4. The molecule has 0 bridgehead atoms. The van der Waals surface area contributed by atoms with Gasteiger partial charge in [0.05, 0.1) is 6.10 Å². The maximum Gasteiger partial charge on any atom is 0.258 e. The van der Waals surface area contributed by atoms with Crippen molar-refractivity contribution in [1.82, 2.24) is 5.32 Å². The minimum atomic E-state index is -0.524. The number of rotatable bonds is 7. The Balaban J connectivity index is 2.27. The second-order valence-electron chi connectivity index (χ2n) is 4.00. The van der Waals surface area contributed by atoms with Crippen LogP contribution in [-0.4, -0.2) is 35.4 Å². The van der Waals surface area contributed by atoms with E-state index in [1.54, 1.807) is 18.2 Å². The summed E-state index contributed by atoms with van der Waals surface area (Å²) in [5, 5.41) is 21.4. The third-order valence-electron chi connectivity index (χ3n) is 2.38. The number of amides is 1. The van der Waals surface area contributed by atoms with Gasteiger partial charge in [-0.25, -0.2) is 0 Å². The number of ether oxygens (including phenoxy) is 1. The topological polar surface area (TPSA) is 78.8 Å². The van der Waals surface area contributed by atoms with Crippen molar-refractivity contribution in [2.24, 2.45) is 0 Å². The maximum absolute atomic E-state index is 11.4. The first-order chi connectivity index (χ1) is 8.63. The summed E-state index contributed by atoms with van der Waals surface area (Å²) in [5.41, 5.74) is 0. The number of phenols is 1. The quantitative estimate of drug-likeness (QED) is 0.678. The Labute approximate surface area is 106 Å². The Hall–Kier alpha value is -1.75. The number of aromatic hydroxyl groups is 1. The molecule has 100 valence electrons. The lowest BCUT2D eigenvalue weighted by Crippen LogP contribution is -2.35. The Morgan fingerprint density at radius 3 is 2.83 bits per heavy atom. The number of carbonyl (C=O) groups is 1. The van der Waals surface area contributed by atoms with Gasteiger partial charge >= 0.3 is 0 Å². The molecule has 0 radical (unpaired) electrons. The zero-order valence-corrected chi connectivity index (χ0v) is 10.4. The van der Waals surface area contributed by atoms with E-state index in [1.807, 2.05) is 6.92 Å². The van der Waals surface area contributed by atoms with Crippen LogP contribution in [0.4, 0.5) is 0 Å². The van der Waals surface area contributed by atoms with Gasteiger partial charge in [0.15, 0.2) is 18.1 Å². The smallest absolute Gasteiger partial charge is 0.258 e. The van der Waals surface area contributed by atoms with Crippen molar-refractivity contribution < 1.29 is 19.7 Å². The summed E-state index contributed by atoms with van der Waals surface area (Å²) in [6.07, 6.45) is 0.996. The van der Waals surface area contributed by atoms with Crippen LogP contribution in [0.2, 0.25) is 0 Å². The lowest BCUT2D eigenvalue weighted by Gasteiger charge is -2.11. The SMILES string of the molecule is CCCC(O)CNC(=O)COc1ccccc1O. The number of nitrogens with one attached hydrogen (secondary N) is 1. The normalized spacial score (nSPS) is 11.9. The number of benzene rings is 1. The highest BCUT2D eigenvalue weighted by atomic mass is 16.5. The van der Waals surface area contributed by atoms with Crippen molar-refractivity contribution in [3.05, 3.63) is 24.3 Å². The molecule has 0 saturated carbocycles. The van der Waals surface area contributed by atoms with Gasteiger partial charge in [0.2, 0.25) is 0 Å². The molecule has 0 aliphatic rings. The van der Waals surface area contributed by atoms with E-state index in [0.29, 0.717) is 6.42 Å². The van der Waals surface area contributed by atoms with Gasteiger partial charge in [0, 0.05) is 6.54 Å². The summed E-state index contributed by atoms with van der Waals surface area (Å²) in [6, 6.07) is 6.44. The number of aliphatic hydroxyl groups excluding tert-OH is 1. The maximum atomic E-state index is 11.4. The molecule has 5 nitrogen and oxygen atoms in total. The van der Waals surface area contributed by atoms with Crippen molar-refractivity contribution in [2.45, 2.75) is 25.9 Å². The largest absolute Gasteiger partial charge is 0.504 e. The molecule has 1 unspecified atom stereocenters. The number of aliphatic hydroxyl groups is 1. The Morgan fingerprint density at radius 1 is 1.44 bits per heavy atom. The fourth-order valence-electron chi connectivity index (χ4n) is 1.44. The second kappa shape index (κ2) is 7.55. The van der Waals surface area contributed by atoms with Crippen LogP contribution in [0.3, 0.4) is 0 Å². The molecule has 0 saturated heterocycles. The van der Waals surface area contributed by atoms with E-state index in [9.17, 15) is 15.0 Å². The molecule has 1 amide bonds. The highest BCUT2D eigenvalue weighted by Crippen LogP contribution is 2.23. The van der Waals surface area contributed by atoms with Crippen LogP contribution >= 0.6 is 0 Å². The lowest BCUT2D eigenvalue weighted by atomic mass is 10.2. The van der Waals surface area contributed by atoms with Gasteiger partial charge in [-0.2, -0.15) is 0 Å². The predicted molar refractivity (Wildman–Crippen MR) is 67.5 cm³/mol. The molecule has 0 aromatic heterocycles. The third-order valence-corrected chi connectivity index (χ3v) is 2.38. The molecule has 18 heavy (non-hydrogen) atoms. The van der Waals surface area contributed by atoms with E-state index in [-0.39, 0.29) is 30.6 Å². The van der Waals surface area contributed by atoms with Crippen molar-refractivity contribution >= 4 is 5.91 Å². The first-order valence-corrected chi connectivity index (χ1v) is 5.99. The average Bonchev–Trinajstić information content (AvgIpc) is 2.36. The van der Waals surface area contributed by atoms with E-state index in [1.165, 1.54) is 6.07 Å². The summed E-state index contributed by atoms with van der Waals surface area (Å²) in [5.74, 6) is -0.0634. The molecule has 0 fully saturated rings. The summed E-state index contributed by atoms with van der Waals surface area (Å²) >= 11 is 0. The van der Waals surface area contributed by atoms with E-state index in [0.717, 1.165) is 6.42 Å². The highest BCUT2D eigenvalue weighted by Gasteiger charge is 2.08. The monoisotopic (exact) mass is 253 g/mol. The summed E-state index contributed by atoms with van der Waals surface area (Å²) in [7, 11) is 0. The Morgan fingerprint density at radius 2 is 2.17 bits per heavy atom. The number of para-hydroxylation sites is 2. The molecule has 0 aliphatic carbocycles. The van der Waals surface area contributed by atoms with Crippen LogP contribution < -0.4 is 10.1 Å². The average molecular weight is 253 g/mol. The number of phenolic OH excluding ortho intramolecular Hbond substituents is 1. The van der Waals surface area contributed by atoms with Gasteiger partial charge in [-0.3, -0.25) is 4.79 Å². The van der Waals surface area contributed by atoms with Gasteiger partial charge in [-0.15, -0.1) is 0 Å². The van der Waals surface area contributed by atoms with Gasteiger partial charge in [0.1, 0.15) is 0 Å². The number of hydrogen-bond acceptors (Lipinski definition) is 4. The summed E-state index contributed by atoms with van der Waals surface area (Å²) in [6.45, 7) is 2.00. The first kappa shape index (κ1) is 14.3. The van der Waals surface area contributed by atoms with Gasteiger partial charge in [-0.1, -0.05) is 25.5 Å². The molecule has 1 aromatic carbocycles. The molecule has 0 spiro atoms. The van der Waals surface area contributed by atoms with Crippen molar-refractivity contribution in [3.8, 4) is 11.5 Å². The zero-order valence-electron chi connectivity index (χ0n) is 10.4. The van der Waals surface area contributed by atoms with Crippen molar-refractivity contribution in [3.63, 3.8) is 0 Å². The second-order valence-corrected chi connectivity index (χ2v) is 4.00. The number of carbonyl (C=O) groups excluding carboxylic acids is 1. The van der Waals surface area contributed by atoms with Crippen LogP contribution in [0.1, 0.15) is 19.8 Å². The molecule has 5 heteroatoms. The molecule has 0 heterocycles. The minimum absolute atomic E-state index is 0.00341. The Bertz CT molecular complexity index is 381. The van der Waals surface area contributed by atoms with Crippen LogP contribution in [0.15, 0.2) is 24.3 Å². The summed E-state index contributed by atoms with van der Waals surface area (Å²) in [4.78, 5) is 11.4. The van der Waals surface area contributed by atoms with E-state index in [2.05, 4.69) is 5.32 Å². The summed E-state index contributed by atoms with van der Waals surface area (Å²) < 4.78 is 5.15. The standard InChI is InChI=1S/C13H19NO4/c1-2-5-10(15)8-14-13(17)9-18-12-7-4-3-6-11(12)16/h3-4,6-7,10,15-16H,2,5,8-9H2,1H3,(H,14,17). The fraction of sp³-hybridized carbons (Fsp3) is 0.462. The third kappa shape index (κ3) is 5.05. The molecule has 1 aromatic rings. The fourth-order valence-corrected chi connectivity index (χ4v) is 1.44. The van der Waals surface area contributed by atoms with Crippen molar-refractivity contribution in [1.29, 1.82) is 0 Å². The van der Waals surface area contributed by atoms with Gasteiger partial charge < -0.3 is 20.3 Å². The van der Waals surface area contributed by atoms with E-state index < -0.39 is 6.10 Å². The van der Waals surface area contributed by atoms with Crippen LogP contribution in [0.5, 0.6) is 11.5 Å². The lowest BCUT2D eigenvalue weighted by molar-refractivity contribution is -0.123. The predicted octanol–water partition coefficient (Wildman–Crippen LogP) is 1.05. The highest BCUT2D eigenvalue weighted by molar-refractivity contribution is 5.77. The van der Waals surface area contributed by atoms with Crippen LogP contribution in [0, 0.1) is 0 Å². The molecule has 0 aliphatic heterocycles. The van der Waals surface area contributed by atoms with E-state index >= 15 is 0 Å². The van der Waals surface area contributed by atoms with Crippen molar-refractivity contribution in [2.75, 3.05) is 13.2 Å². The Kier molecular flexibility index (Phi) is 6.00. The van der Waals surface area contributed by atoms with E-state index in [4.69, 9.17) is 4.74 Å². The molecule has 1 rings (SSSR count).